The maximum absolute atomic E-state index is 12.4. The number of phosphoric acid groups is 3. The molecule has 1 aliphatic heterocycles. The van der Waals surface area contributed by atoms with Crippen LogP contribution in [0.25, 0.3) is 11.2 Å². The maximum atomic E-state index is 12.4. The van der Waals surface area contributed by atoms with Gasteiger partial charge in [-0.2, -0.15) is 8.62 Å². The van der Waals surface area contributed by atoms with Crippen LogP contribution in [0.5, 0.6) is 0 Å². The van der Waals surface area contributed by atoms with Gasteiger partial charge in [0, 0.05) is 0 Å². The summed E-state index contributed by atoms with van der Waals surface area (Å²) in [6, 6.07) is 0. The normalized spacial score (nSPS) is 27.0. The van der Waals surface area contributed by atoms with Crippen LogP contribution < -0.4 is 5.56 Å². The lowest BCUT2D eigenvalue weighted by atomic mass is 10.0. The molecule has 1 aliphatic rings. The van der Waals surface area contributed by atoms with Gasteiger partial charge in [0.15, 0.2) is 17.4 Å². The first kappa shape index (κ1) is 28.9. The molecule has 0 amide bonds. The van der Waals surface area contributed by atoms with Crippen LogP contribution in [0.15, 0.2) is 29.6 Å². The van der Waals surface area contributed by atoms with E-state index in [0.29, 0.717) is 5.57 Å². The fourth-order valence-corrected chi connectivity index (χ4v) is 6.64. The molecule has 2 aromatic heterocycles. The van der Waals surface area contributed by atoms with Gasteiger partial charge in [-0.15, -0.1) is 6.58 Å². The number of rotatable bonds is 11. The summed E-state index contributed by atoms with van der Waals surface area (Å²) in [5.41, 5.74) is -0.140. The second kappa shape index (κ2) is 10.6. The first-order chi connectivity index (χ1) is 16.5. The number of imidazole rings is 1. The number of aliphatic hydroxyl groups excluding tert-OH is 2. The molecule has 7 N–H and O–H groups in total. The molecular formula is C15H23N4O14P3. The lowest BCUT2D eigenvalue weighted by Gasteiger charge is -2.27. The molecular weight excluding hydrogens is 553 g/mol. The number of hydrogen-bond acceptors (Lipinski definition) is 12. The van der Waals surface area contributed by atoms with Gasteiger partial charge in [-0.25, -0.2) is 23.7 Å². The third-order valence-electron chi connectivity index (χ3n) is 4.82. The molecule has 0 saturated carbocycles. The van der Waals surface area contributed by atoms with Crippen LogP contribution in [0.3, 0.4) is 0 Å². The zero-order valence-corrected chi connectivity index (χ0v) is 21.0. The largest absolute Gasteiger partial charge is 0.490 e. The molecule has 3 heterocycles. The number of aliphatic hydroxyl groups is 2. The zero-order valence-electron chi connectivity index (χ0n) is 18.3. The number of nitrogens with one attached hydrogen (secondary N) is 1. The number of phosphoric ester groups is 1. The molecule has 18 nitrogen and oxygen atoms in total. The van der Waals surface area contributed by atoms with Crippen LogP contribution in [0.2, 0.25) is 0 Å². The monoisotopic (exact) mass is 576 g/mol. The van der Waals surface area contributed by atoms with E-state index < -0.39 is 59.7 Å². The molecule has 0 spiro atoms. The SMILES string of the molecule is C=C(C)CCC(OP(=O)(O)OP(=O)(O)OP(=O)(O)O)[C@H]1O[C@@H](n2cnc3c(=O)[nH]cnc32)[C@H](O)[C@@H]1O. The fraction of sp³-hybridized carbons (Fsp3) is 0.533. The molecule has 0 bridgehead atoms. The summed E-state index contributed by atoms with van der Waals surface area (Å²) >= 11 is 0. The Bertz CT molecular complexity index is 1320. The molecule has 3 unspecified atom stereocenters. The van der Waals surface area contributed by atoms with Crippen molar-refractivity contribution < 1.29 is 61.4 Å². The molecule has 2 aromatic rings. The Hall–Kier alpha value is -1.62. The summed E-state index contributed by atoms with van der Waals surface area (Å²) in [7, 11) is -17.0. The Morgan fingerprint density at radius 3 is 2.44 bits per heavy atom. The number of H-pyrrole nitrogens is 1. The standard InChI is InChI=1S/C15H23N4O14P3/c1-7(2)3-4-8(31-35(26,27)33-36(28,29)32-34(23,24)25)12-10(20)11(21)15(30-12)19-6-18-9-13(19)16-5-17-14(9)22/h5-6,8,10-12,15,20-21H,1,3-4H2,2H3,(H,26,27)(H,28,29)(H,16,17,22)(H2,23,24,25)/t8?,10-,11+,12+,15+/m0/s1. The average molecular weight is 576 g/mol. The number of aromatic amines is 1. The Kier molecular flexibility index (Phi) is 8.55. The third kappa shape index (κ3) is 7.02. The summed E-state index contributed by atoms with van der Waals surface area (Å²) in [6.45, 7) is 5.27. The van der Waals surface area contributed by atoms with E-state index in [1.165, 1.54) is 0 Å². The van der Waals surface area contributed by atoms with E-state index in [4.69, 9.17) is 19.0 Å². The van der Waals surface area contributed by atoms with E-state index >= 15 is 0 Å². The van der Waals surface area contributed by atoms with Crippen LogP contribution in [-0.2, 0) is 31.6 Å². The van der Waals surface area contributed by atoms with Crippen LogP contribution in [0.1, 0.15) is 26.0 Å². The summed E-state index contributed by atoms with van der Waals surface area (Å²) < 4.78 is 54.0. The topological polar surface area (TPSA) is 273 Å². The zero-order chi connectivity index (χ0) is 27.1. The minimum Gasteiger partial charge on any atom is -0.387 e. The Labute approximate surface area is 201 Å². The first-order valence-corrected chi connectivity index (χ1v) is 14.4. The van der Waals surface area contributed by atoms with Crippen molar-refractivity contribution in [3.05, 3.63) is 35.2 Å². The first-order valence-electron chi connectivity index (χ1n) is 9.88. The lowest BCUT2D eigenvalue weighted by molar-refractivity contribution is -0.0825. The van der Waals surface area contributed by atoms with E-state index in [1.807, 2.05) is 0 Å². The highest BCUT2D eigenvalue weighted by Crippen LogP contribution is 2.67. The van der Waals surface area contributed by atoms with E-state index in [9.17, 15) is 38.5 Å². The van der Waals surface area contributed by atoms with Crippen molar-refractivity contribution in [2.45, 2.75) is 50.4 Å². The molecule has 21 heteroatoms. The average Bonchev–Trinajstić information content (AvgIpc) is 3.25. The van der Waals surface area contributed by atoms with Crippen molar-refractivity contribution in [1.82, 2.24) is 19.5 Å². The summed E-state index contributed by atoms with van der Waals surface area (Å²) in [6.07, 6.45) is -5.91. The number of ether oxygens (including phenoxy) is 1. The lowest BCUT2D eigenvalue weighted by Crippen LogP contribution is -2.39. The molecule has 0 radical (unpaired) electrons. The minimum absolute atomic E-state index is 0.0120. The van der Waals surface area contributed by atoms with Crippen LogP contribution in [0, 0.1) is 0 Å². The van der Waals surface area contributed by atoms with Gasteiger partial charge in [-0.05, 0) is 19.8 Å². The highest BCUT2D eigenvalue weighted by atomic mass is 31.3. The van der Waals surface area contributed by atoms with Crippen LogP contribution in [-0.4, -0.2) is 73.7 Å². The maximum Gasteiger partial charge on any atom is 0.490 e. The second-order valence-corrected chi connectivity index (χ2v) is 12.1. The van der Waals surface area contributed by atoms with Gasteiger partial charge in [-0.3, -0.25) is 13.9 Å². The summed E-state index contributed by atoms with van der Waals surface area (Å²) in [5, 5.41) is 21.2. The molecule has 0 aromatic carbocycles. The van der Waals surface area contributed by atoms with E-state index in [0.717, 1.165) is 17.2 Å². The molecule has 0 aliphatic carbocycles. The van der Waals surface area contributed by atoms with Gasteiger partial charge in [0.05, 0.1) is 18.8 Å². The second-order valence-electron chi connectivity index (χ2n) is 7.76. The Morgan fingerprint density at radius 2 is 1.83 bits per heavy atom. The van der Waals surface area contributed by atoms with Gasteiger partial charge in [0.1, 0.15) is 18.3 Å². The molecule has 1 saturated heterocycles. The molecule has 3 rings (SSSR count). The summed E-state index contributed by atoms with van der Waals surface area (Å²) in [5.74, 6) is 0. The van der Waals surface area contributed by atoms with Crippen molar-refractivity contribution in [1.29, 1.82) is 0 Å². The molecule has 1 fully saturated rings. The predicted octanol–water partition coefficient (Wildman–Crippen LogP) is -0.193. The number of aromatic nitrogens is 4. The van der Waals surface area contributed by atoms with Crippen molar-refractivity contribution in [3.63, 3.8) is 0 Å². The quantitative estimate of drug-likeness (QED) is 0.135. The predicted molar refractivity (Wildman–Crippen MR) is 117 cm³/mol. The minimum atomic E-state index is -5.80. The number of allylic oxidation sites excluding steroid dienone is 1. The Morgan fingerprint density at radius 1 is 1.17 bits per heavy atom. The summed E-state index contributed by atoms with van der Waals surface area (Å²) in [4.78, 5) is 58.8. The van der Waals surface area contributed by atoms with Gasteiger partial charge < -0.3 is 39.5 Å². The van der Waals surface area contributed by atoms with Crippen LogP contribution >= 0.6 is 23.5 Å². The Balaban J connectivity index is 1.87. The smallest absolute Gasteiger partial charge is 0.387 e. The van der Waals surface area contributed by atoms with E-state index in [1.54, 1.807) is 6.92 Å². The van der Waals surface area contributed by atoms with Gasteiger partial charge in [0.2, 0.25) is 0 Å². The fourth-order valence-electron chi connectivity index (χ4n) is 3.41. The van der Waals surface area contributed by atoms with E-state index in [-0.39, 0.29) is 24.0 Å². The van der Waals surface area contributed by atoms with Gasteiger partial charge >= 0.3 is 23.5 Å². The number of fused-ring (bicyclic) bond motifs is 1. The molecule has 202 valence electrons. The van der Waals surface area contributed by atoms with E-state index in [2.05, 4.69) is 30.2 Å². The van der Waals surface area contributed by atoms with Crippen molar-refractivity contribution in [2.75, 3.05) is 0 Å². The van der Waals surface area contributed by atoms with Crippen LogP contribution in [0.4, 0.5) is 0 Å². The van der Waals surface area contributed by atoms with Crippen molar-refractivity contribution >= 4 is 34.6 Å². The highest BCUT2D eigenvalue weighted by molar-refractivity contribution is 7.66. The number of nitrogens with zero attached hydrogens (tertiary/aromatic N) is 3. The third-order valence-corrected chi connectivity index (χ3v) is 8.69. The van der Waals surface area contributed by atoms with Gasteiger partial charge in [0.25, 0.3) is 5.56 Å². The number of hydrogen-bond donors (Lipinski definition) is 7. The van der Waals surface area contributed by atoms with Crippen molar-refractivity contribution in [2.24, 2.45) is 0 Å². The molecule has 7 atom stereocenters. The molecule has 36 heavy (non-hydrogen) atoms. The van der Waals surface area contributed by atoms with Gasteiger partial charge in [-0.1, -0.05) is 5.57 Å². The highest BCUT2D eigenvalue weighted by Gasteiger charge is 2.51. The van der Waals surface area contributed by atoms with Crippen molar-refractivity contribution in [3.8, 4) is 0 Å².